The van der Waals surface area contributed by atoms with Gasteiger partial charge in [-0.05, 0) is 44.0 Å². The van der Waals surface area contributed by atoms with Gasteiger partial charge in [0.05, 0.1) is 19.3 Å². The summed E-state index contributed by atoms with van der Waals surface area (Å²) in [4.78, 5) is 4.98. The number of hydrogen-bond acceptors (Lipinski definition) is 4. The Hall–Kier alpha value is -1.10. The van der Waals surface area contributed by atoms with Crippen molar-refractivity contribution in [1.82, 2.24) is 9.80 Å². The van der Waals surface area contributed by atoms with Crippen molar-refractivity contribution in [2.75, 3.05) is 39.4 Å². The molecule has 1 saturated heterocycles. The highest BCUT2D eigenvalue weighted by Crippen LogP contribution is 2.27. The molecule has 142 valence electrons. The molecular formula is C21H36N2O2. The van der Waals surface area contributed by atoms with Gasteiger partial charge in [0.2, 0.25) is 0 Å². The van der Waals surface area contributed by atoms with E-state index in [1.54, 1.807) is 0 Å². The van der Waals surface area contributed by atoms with Crippen molar-refractivity contribution in [2.45, 2.75) is 58.5 Å². The Bertz CT molecular complexity index is 477. The van der Waals surface area contributed by atoms with Crippen LogP contribution in [-0.2, 0) is 0 Å². The van der Waals surface area contributed by atoms with Gasteiger partial charge in [0.15, 0.2) is 0 Å². The Morgan fingerprint density at radius 2 is 1.88 bits per heavy atom. The highest BCUT2D eigenvalue weighted by atomic mass is 16.5. The predicted octanol–water partition coefficient (Wildman–Crippen LogP) is 3.71. The minimum Gasteiger partial charge on any atom is -0.494 e. The molecule has 1 aliphatic heterocycles. The van der Waals surface area contributed by atoms with Crippen LogP contribution in [0.25, 0.3) is 0 Å². The second-order valence-corrected chi connectivity index (χ2v) is 7.21. The molecule has 4 heteroatoms. The van der Waals surface area contributed by atoms with E-state index < -0.39 is 0 Å². The maximum Gasteiger partial charge on any atom is 0.119 e. The smallest absolute Gasteiger partial charge is 0.119 e. The first kappa shape index (κ1) is 20.2. The fraction of sp³-hybridized carbons (Fsp3) is 0.714. The Labute approximate surface area is 153 Å². The molecule has 0 radical (unpaired) electrons. The second kappa shape index (κ2) is 10.8. The van der Waals surface area contributed by atoms with Crippen LogP contribution in [0, 0.1) is 0 Å². The summed E-state index contributed by atoms with van der Waals surface area (Å²) in [5.74, 6) is 0.928. The number of rotatable bonds is 10. The van der Waals surface area contributed by atoms with Crippen LogP contribution in [0.1, 0.15) is 58.1 Å². The molecule has 0 amide bonds. The molecule has 1 aromatic carbocycles. The van der Waals surface area contributed by atoms with Crippen molar-refractivity contribution in [2.24, 2.45) is 0 Å². The van der Waals surface area contributed by atoms with E-state index in [2.05, 4.69) is 42.7 Å². The van der Waals surface area contributed by atoms with Crippen molar-refractivity contribution >= 4 is 0 Å². The van der Waals surface area contributed by atoms with Crippen LogP contribution >= 0.6 is 0 Å². The highest BCUT2D eigenvalue weighted by molar-refractivity contribution is 5.29. The fourth-order valence-corrected chi connectivity index (χ4v) is 3.76. The average Bonchev–Trinajstić information content (AvgIpc) is 2.62. The second-order valence-electron chi connectivity index (χ2n) is 7.21. The maximum atomic E-state index is 10.0. The third kappa shape index (κ3) is 5.98. The molecule has 25 heavy (non-hydrogen) atoms. The van der Waals surface area contributed by atoms with Crippen molar-refractivity contribution < 1.29 is 9.84 Å². The van der Waals surface area contributed by atoms with Gasteiger partial charge >= 0.3 is 0 Å². The summed E-state index contributed by atoms with van der Waals surface area (Å²) < 4.78 is 5.80. The van der Waals surface area contributed by atoms with Crippen LogP contribution in [0.5, 0.6) is 5.75 Å². The van der Waals surface area contributed by atoms with Crippen LogP contribution in [0.4, 0.5) is 0 Å². The zero-order valence-corrected chi connectivity index (χ0v) is 16.3. The van der Waals surface area contributed by atoms with E-state index >= 15 is 0 Å². The van der Waals surface area contributed by atoms with E-state index in [1.165, 1.54) is 31.4 Å². The van der Waals surface area contributed by atoms with E-state index in [0.29, 0.717) is 6.04 Å². The Kier molecular flexibility index (Phi) is 8.73. The molecular weight excluding hydrogens is 312 g/mol. The maximum absolute atomic E-state index is 10.0. The molecule has 2 atom stereocenters. The first-order valence-electron chi connectivity index (χ1n) is 10.0. The van der Waals surface area contributed by atoms with Gasteiger partial charge in [0.1, 0.15) is 5.75 Å². The topological polar surface area (TPSA) is 35.9 Å². The average molecular weight is 349 g/mol. The summed E-state index contributed by atoms with van der Waals surface area (Å²) in [6.07, 6.45) is 4.74. The minimum atomic E-state index is 0.0768. The number of nitrogens with zero attached hydrogens (tertiary/aromatic N) is 2. The lowest BCUT2D eigenvalue weighted by Crippen LogP contribution is -2.53. The summed E-state index contributed by atoms with van der Waals surface area (Å²) in [5, 5.41) is 10.0. The normalized spacial score (nSPS) is 20.6. The van der Waals surface area contributed by atoms with Crippen molar-refractivity contribution in [3.63, 3.8) is 0 Å². The molecule has 1 fully saturated rings. The van der Waals surface area contributed by atoms with E-state index in [-0.39, 0.29) is 12.6 Å². The van der Waals surface area contributed by atoms with Crippen molar-refractivity contribution in [3.05, 3.63) is 29.8 Å². The zero-order valence-electron chi connectivity index (χ0n) is 16.3. The summed E-state index contributed by atoms with van der Waals surface area (Å²) in [7, 11) is 0. The Morgan fingerprint density at radius 3 is 2.48 bits per heavy atom. The lowest BCUT2D eigenvalue weighted by molar-refractivity contribution is 0.0252. The van der Waals surface area contributed by atoms with Crippen LogP contribution in [-0.4, -0.2) is 60.3 Å². The molecule has 1 aliphatic rings. The number of ether oxygens (including phenoxy) is 1. The number of piperazine rings is 1. The largest absolute Gasteiger partial charge is 0.494 e. The fourth-order valence-electron chi connectivity index (χ4n) is 3.76. The van der Waals surface area contributed by atoms with Crippen LogP contribution in [0.3, 0.4) is 0 Å². The van der Waals surface area contributed by atoms with Gasteiger partial charge in [-0.1, -0.05) is 38.8 Å². The molecule has 2 rings (SSSR count). The number of hydrogen-bond donors (Lipinski definition) is 1. The molecule has 0 spiro atoms. The summed E-state index contributed by atoms with van der Waals surface area (Å²) in [6.45, 7) is 12.0. The lowest BCUT2D eigenvalue weighted by Gasteiger charge is -2.43. The highest BCUT2D eigenvalue weighted by Gasteiger charge is 2.29. The van der Waals surface area contributed by atoms with Crippen LogP contribution in [0.2, 0.25) is 0 Å². The Morgan fingerprint density at radius 1 is 1.12 bits per heavy atom. The van der Waals surface area contributed by atoms with E-state index in [1.807, 2.05) is 12.1 Å². The molecule has 0 aromatic heterocycles. The summed E-state index contributed by atoms with van der Waals surface area (Å²) in [5.41, 5.74) is 1.18. The number of aliphatic hydroxyl groups excluding tert-OH is 1. The van der Waals surface area contributed by atoms with Gasteiger partial charge in [-0.2, -0.15) is 0 Å². The van der Waals surface area contributed by atoms with E-state index in [0.717, 1.165) is 38.4 Å². The van der Waals surface area contributed by atoms with Gasteiger partial charge in [-0.25, -0.2) is 0 Å². The third-order valence-corrected chi connectivity index (χ3v) is 5.16. The zero-order chi connectivity index (χ0) is 18.1. The molecule has 0 aliphatic carbocycles. The van der Waals surface area contributed by atoms with E-state index in [9.17, 15) is 5.11 Å². The predicted molar refractivity (Wildman–Crippen MR) is 104 cm³/mol. The summed E-state index contributed by atoms with van der Waals surface area (Å²) in [6, 6.07) is 8.85. The van der Waals surface area contributed by atoms with Gasteiger partial charge in [-0.15, -0.1) is 0 Å². The number of aliphatic hydroxyl groups is 1. The number of unbranched alkanes of at least 4 members (excludes halogenated alkanes) is 2. The summed E-state index contributed by atoms with van der Waals surface area (Å²) >= 11 is 0. The Balaban J connectivity index is 1.93. The van der Waals surface area contributed by atoms with E-state index in [4.69, 9.17) is 4.74 Å². The molecule has 4 nitrogen and oxygen atoms in total. The number of benzene rings is 1. The monoisotopic (exact) mass is 348 g/mol. The molecule has 1 aromatic rings. The van der Waals surface area contributed by atoms with Gasteiger partial charge in [-0.3, -0.25) is 4.90 Å². The van der Waals surface area contributed by atoms with Crippen molar-refractivity contribution in [1.29, 1.82) is 0 Å². The third-order valence-electron chi connectivity index (χ3n) is 5.16. The lowest BCUT2D eigenvalue weighted by atomic mass is 10.0. The van der Waals surface area contributed by atoms with Crippen LogP contribution < -0.4 is 4.74 Å². The molecule has 1 heterocycles. The molecule has 1 N–H and O–H groups in total. The SMILES string of the molecule is CCCCCOc1ccc(C(CO)N2CCN(CCC)CC2C)cc1. The molecule has 2 unspecified atom stereocenters. The first-order chi connectivity index (χ1) is 12.2. The molecule has 0 bridgehead atoms. The minimum absolute atomic E-state index is 0.0768. The van der Waals surface area contributed by atoms with Crippen molar-refractivity contribution in [3.8, 4) is 5.75 Å². The van der Waals surface area contributed by atoms with Crippen LogP contribution in [0.15, 0.2) is 24.3 Å². The first-order valence-corrected chi connectivity index (χ1v) is 10.0. The quantitative estimate of drug-likeness (QED) is 0.654. The molecule has 0 saturated carbocycles. The van der Waals surface area contributed by atoms with Gasteiger partial charge in [0, 0.05) is 25.7 Å². The van der Waals surface area contributed by atoms with Gasteiger partial charge in [0.25, 0.3) is 0 Å². The van der Waals surface area contributed by atoms with Gasteiger partial charge < -0.3 is 14.7 Å². The standard InChI is InChI=1S/C21H36N2O2/c1-4-6-7-15-25-20-10-8-19(9-11-20)21(17-24)23-14-13-22(12-5-2)16-18(23)3/h8-11,18,21,24H,4-7,12-17H2,1-3H3.